The zero-order chi connectivity index (χ0) is 17.6. The van der Waals surface area contributed by atoms with E-state index in [1.807, 2.05) is 0 Å². The van der Waals surface area contributed by atoms with Crippen molar-refractivity contribution in [3.8, 4) is 5.75 Å². The lowest BCUT2D eigenvalue weighted by molar-refractivity contribution is -0.107. The number of halogens is 2. The molecular weight excluding hydrogens is 423 g/mol. The van der Waals surface area contributed by atoms with Crippen LogP contribution in [0.1, 0.15) is 51.4 Å². The molecule has 6 rings (SSSR count). The van der Waals surface area contributed by atoms with Crippen molar-refractivity contribution >= 4 is 30.5 Å². The predicted octanol–water partition coefficient (Wildman–Crippen LogP) is 3.76. The molecule has 1 aromatic carbocycles. The van der Waals surface area contributed by atoms with Crippen molar-refractivity contribution in [3.63, 3.8) is 0 Å². The second-order valence-electron chi connectivity index (χ2n) is 9.67. The molecule has 7 heteroatoms. The molecule has 4 saturated carbocycles. The highest BCUT2D eigenvalue weighted by molar-refractivity contribution is 5.85. The van der Waals surface area contributed by atoms with Crippen LogP contribution in [0.4, 0.5) is 5.69 Å². The van der Waals surface area contributed by atoms with Crippen LogP contribution in [0.3, 0.4) is 0 Å². The lowest BCUT2D eigenvalue weighted by Crippen LogP contribution is -2.53. The fourth-order valence-corrected chi connectivity index (χ4v) is 6.60. The van der Waals surface area contributed by atoms with Crippen LogP contribution >= 0.6 is 24.8 Å². The predicted molar refractivity (Wildman–Crippen MR) is 129 cm³/mol. The van der Waals surface area contributed by atoms with Crippen LogP contribution in [0, 0.1) is 17.8 Å². The highest BCUT2D eigenvalue weighted by Crippen LogP contribution is 2.57. The van der Waals surface area contributed by atoms with Crippen molar-refractivity contribution in [1.82, 2.24) is 4.90 Å². The Kier molecular flexibility index (Phi) is 10.2. The SMILES string of the molecule is CN(CCN1CCCC1)c1ccc(OC23CC4CC(CC(C4)C2)C3)cc1.Cl.Cl.O.O. The van der Waals surface area contributed by atoms with E-state index in [1.54, 1.807) is 0 Å². The maximum Gasteiger partial charge on any atom is 0.120 e. The van der Waals surface area contributed by atoms with Gasteiger partial charge in [-0.3, -0.25) is 0 Å². The van der Waals surface area contributed by atoms with Gasteiger partial charge in [-0.1, -0.05) is 0 Å². The number of hydrogen-bond acceptors (Lipinski definition) is 3. The van der Waals surface area contributed by atoms with Gasteiger partial charge in [0.1, 0.15) is 11.4 Å². The van der Waals surface area contributed by atoms with Gasteiger partial charge in [0.15, 0.2) is 0 Å². The molecule has 0 aromatic heterocycles. The number of benzene rings is 1. The van der Waals surface area contributed by atoms with Gasteiger partial charge in [0, 0.05) is 25.8 Å². The molecule has 30 heavy (non-hydrogen) atoms. The molecule has 0 unspecified atom stereocenters. The Hall–Kier alpha value is -0.720. The number of hydrogen-bond donors (Lipinski definition) is 0. The van der Waals surface area contributed by atoms with E-state index in [9.17, 15) is 0 Å². The molecule has 1 heterocycles. The normalized spacial score (nSPS) is 31.0. The fourth-order valence-electron chi connectivity index (χ4n) is 6.60. The quantitative estimate of drug-likeness (QED) is 0.645. The third-order valence-electron chi connectivity index (χ3n) is 7.54. The van der Waals surface area contributed by atoms with Crippen molar-refractivity contribution < 1.29 is 15.7 Å². The van der Waals surface area contributed by atoms with E-state index in [0.29, 0.717) is 0 Å². The summed E-state index contributed by atoms with van der Waals surface area (Å²) in [6, 6.07) is 8.92. The monoisotopic (exact) mass is 462 g/mol. The molecule has 0 atom stereocenters. The van der Waals surface area contributed by atoms with Crippen LogP contribution in [0.25, 0.3) is 0 Å². The zero-order valence-corrected chi connectivity index (χ0v) is 19.8. The molecule has 1 aliphatic heterocycles. The zero-order valence-electron chi connectivity index (χ0n) is 18.1. The molecule has 0 amide bonds. The molecule has 4 N–H and O–H groups in total. The lowest BCUT2D eigenvalue weighted by atomic mass is 9.54. The summed E-state index contributed by atoms with van der Waals surface area (Å²) in [4.78, 5) is 4.97. The summed E-state index contributed by atoms with van der Waals surface area (Å²) in [6.45, 7) is 4.86. The van der Waals surface area contributed by atoms with Crippen LogP contribution in [0.5, 0.6) is 5.75 Å². The van der Waals surface area contributed by atoms with Gasteiger partial charge in [0.05, 0.1) is 0 Å². The Morgan fingerprint density at radius 3 is 1.90 bits per heavy atom. The summed E-state index contributed by atoms with van der Waals surface area (Å²) in [7, 11) is 2.21. The first-order valence-corrected chi connectivity index (χ1v) is 10.9. The minimum atomic E-state index is 0. The average Bonchev–Trinajstić information content (AvgIpc) is 3.12. The van der Waals surface area contributed by atoms with Crippen molar-refractivity contribution in [2.45, 2.75) is 57.0 Å². The molecular formula is C23H40Cl2N2O3. The summed E-state index contributed by atoms with van der Waals surface area (Å²) in [5.41, 5.74) is 1.47. The molecule has 5 nitrogen and oxygen atoms in total. The highest BCUT2D eigenvalue weighted by Gasteiger charge is 2.52. The number of likely N-dealkylation sites (tertiary alicyclic amines) is 1. The topological polar surface area (TPSA) is 78.7 Å². The van der Waals surface area contributed by atoms with Crippen LogP contribution in [0.15, 0.2) is 24.3 Å². The Balaban J connectivity index is 0.00000112. The van der Waals surface area contributed by atoms with Gasteiger partial charge in [0.2, 0.25) is 0 Å². The minimum Gasteiger partial charge on any atom is -0.487 e. The van der Waals surface area contributed by atoms with Gasteiger partial charge in [0.25, 0.3) is 0 Å². The van der Waals surface area contributed by atoms with Gasteiger partial charge in [-0.25, -0.2) is 0 Å². The fraction of sp³-hybridized carbons (Fsp3) is 0.739. The highest BCUT2D eigenvalue weighted by atomic mass is 35.5. The Morgan fingerprint density at radius 1 is 0.900 bits per heavy atom. The summed E-state index contributed by atoms with van der Waals surface area (Å²) in [5, 5.41) is 0. The number of nitrogens with zero attached hydrogens (tertiary/aromatic N) is 2. The maximum atomic E-state index is 6.66. The van der Waals surface area contributed by atoms with Crippen molar-refractivity contribution in [1.29, 1.82) is 0 Å². The maximum absolute atomic E-state index is 6.66. The number of rotatable bonds is 6. The van der Waals surface area contributed by atoms with Crippen LogP contribution < -0.4 is 9.64 Å². The molecule has 1 aromatic rings. The third kappa shape index (κ3) is 5.74. The smallest absolute Gasteiger partial charge is 0.120 e. The summed E-state index contributed by atoms with van der Waals surface area (Å²) in [5.74, 6) is 3.91. The Bertz CT molecular complexity index is 603. The lowest BCUT2D eigenvalue weighted by Gasteiger charge is -2.56. The summed E-state index contributed by atoms with van der Waals surface area (Å²) >= 11 is 0. The van der Waals surface area contributed by atoms with Crippen LogP contribution in [-0.4, -0.2) is 54.7 Å². The van der Waals surface area contributed by atoms with E-state index < -0.39 is 0 Å². The van der Waals surface area contributed by atoms with E-state index in [4.69, 9.17) is 4.74 Å². The molecule has 4 bridgehead atoms. The molecule has 0 radical (unpaired) electrons. The first-order chi connectivity index (χ1) is 12.7. The summed E-state index contributed by atoms with van der Waals surface area (Å²) < 4.78 is 6.66. The minimum absolute atomic E-state index is 0. The van der Waals surface area contributed by atoms with Crippen molar-refractivity contribution in [2.75, 3.05) is 38.1 Å². The van der Waals surface area contributed by atoms with E-state index in [1.165, 1.54) is 76.7 Å². The van der Waals surface area contributed by atoms with E-state index in [2.05, 4.69) is 41.1 Å². The average molecular weight is 463 g/mol. The second-order valence-corrected chi connectivity index (χ2v) is 9.67. The standard InChI is InChI=1S/C23H34N2O.2ClH.2H2O/c1-24(10-11-25-8-2-3-9-25)21-4-6-22(7-5-21)26-23-15-18-12-19(16-23)14-20(13-18)17-23;;;;/h4-7,18-20H,2-3,8-17H2,1H3;2*1H;2*1H2. The third-order valence-corrected chi connectivity index (χ3v) is 7.54. The largest absolute Gasteiger partial charge is 0.487 e. The number of likely N-dealkylation sites (N-methyl/N-ethyl adjacent to an activating group) is 1. The number of anilines is 1. The van der Waals surface area contributed by atoms with Crippen molar-refractivity contribution in [3.05, 3.63) is 24.3 Å². The molecule has 5 aliphatic rings. The van der Waals surface area contributed by atoms with Gasteiger partial charge < -0.3 is 25.5 Å². The van der Waals surface area contributed by atoms with E-state index in [0.717, 1.165) is 30.0 Å². The molecule has 0 spiro atoms. The van der Waals surface area contributed by atoms with Crippen LogP contribution in [-0.2, 0) is 0 Å². The van der Waals surface area contributed by atoms with Gasteiger partial charge >= 0.3 is 0 Å². The molecule has 1 saturated heterocycles. The molecule has 174 valence electrons. The number of ether oxygens (including phenoxy) is 1. The van der Waals surface area contributed by atoms with Crippen LogP contribution in [0.2, 0.25) is 0 Å². The van der Waals surface area contributed by atoms with E-state index >= 15 is 0 Å². The van der Waals surface area contributed by atoms with Crippen molar-refractivity contribution in [2.24, 2.45) is 17.8 Å². The summed E-state index contributed by atoms with van der Waals surface area (Å²) in [6.07, 6.45) is 11.1. The molecule has 5 fully saturated rings. The molecule has 4 aliphatic carbocycles. The first kappa shape index (κ1) is 27.3. The first-order valence-electron chi connectivity index (χ1n) is 10.9. The van der Waals surface area contributed by atoms with E-state index in [-0.39, 0.29) is 41.4 Å². The Labute approximate surface area is 194 Å². The second kappa shape index (κ2) is 11.2. The van der Waals surface area contributed by atoms with Gasteiger partial charge in [-0.2, -0.15) is 0 Å². The van der Waals surface area contributed by atoms with Gasteiger partial charge in [-0.05, 0) is 106 Å². The van der Waals surface area contributed by atoms with Gasteiger partial charge in [-0.15, -0.1) is 24.8 Å². The Morgan fingerprint density at radius 2 is 1.40 bits per heavy atom.